The fourth-order valence-electron chi connectivity index (χ4n) is 2.28. The van der Waals surface area contributed by atoms with Gasteiger partial charge in [-0.3, -0.25) is 0 Å². The monoisotopic (exact) mass is 264 g/mol. The highest BCUT2D eigenvalue weighted by Crippen LogP contribution is 2.18. The molecular formula is C15H24N2O2. The Labute approximate surface area is 115 Å². The van der Waals surface area contributed by atoms with Crippen molar-refractivity contribution in [3.8, 4) is 5.75 Å². The van der Waals surface area contributed by atoms with Gasteiger partial charge < -0.3 is 19.7 Å². The van der Waals surface area contributed by atoms with Crippen LogP contribution in [0.4, 0.5) is 5.69 Å². The van der Waals surface area contributed by atoms with Crippen molar-refractivity contribution >= 4 is 5.69 Å². The van der Waals surface area contributed by atoms with E-state index >= 15 is 0 Å². The van der Waals surface area contributed by atoms with Gasteiger partial charge in [0.05, 0.1) is 19.8 Å². The minimum atomic E-state index is 0.436. The first-order valence-electron chi connectivity index (χ1n) is 6.97. The average molecular weight is 264 g/mol. The van der Waals surface area contributed by atoms with Crippen molar-refractivity contribution in [1.82, 2.24) is 5.32 Å². The van der Waals surface area contributed by atoms with Crippen LogP contribution >= 0.6 is 0 Å². The van der Waals surface area contributed by atoms with Gasteiger partial charge >= 0.3 is 0 Å². The molecule has 19 heavy (non-hydrogen) atoms. The summed E-state index contributed by atoms with van der Waals surface area (Å²) in [6, 6.07) is 8.12. The van der Waals surface area contributed by atoms with E-state index in [1.165, 1.54) is 5.69 Å². The third-order valence-corrected chi connectivity index (χ3v) is 3.58. The molecule has 2 rings (SSSR count). The lowest BCUT2D eigenvalue weighted by Crippen LogP contribution is -2.34. The number of hydrogen-bond acceptors (Lipinski definition) is 4. The van der Waals surface area contributed by atoms with E-state index in [9.17, 15) is 0 Å². The van der Waals surface area contributed by atoms with Gasteiger partial charge in [-0.2, -0.15) is 0 Å². The minimum Gasteiger partial charge on any atom is -0.497 e. The molecule has 0 aromatic heterocycles. The summed E-state index contributed by atoms with van der Waals surface area (Å²) in [5.74, 6) is 0.892. The predicted octanol–water partition coefficient (Wildman–Crippen LogP) is 1.90. The van der Waals surface area contributed by atoms with Gasteiger partial charge in [0.1, 0.15) is 5.75 Å². The van der Waals surface area contributed by atoms with E-state index in [0.717, 1.165) is 44.8 Å². The molecule has 4 nitrogen and oxygen atoms in total. The standard InChI is InChI=1S/C15H24N2O2/c1-17(13-3-5-14(18-2)6-4-13)11-12-19-15-7-9-16-10-8-15/h3-6,15-16H,7-12H2,1-2H3. The molecule has 1 aromatic rings. The Morgan fingerprint density at radius 3 is 2.53 bits per heavy atom. The summed E-state index contributed by atoms with van der Waals surface area (Å²) in [6.45, 7) is 3.86. The Hall–Kier alpha value is -1.26. The van der Waals surface area contributed by atoms with Gasteiger partial charge in [-0.1, -0.05) is 0 Å². The molecule has 0 atom stereocenters. The Balaban J connectivity index is 1.72. The number of likely N-dealkylation sites (N-methyl/N-ethyl adjacent to an activating group) is 1. The Kier molecular flexibility index (Phi) is 5.48. The Morgan fingerprint density at radius 1 is 1.21 bits per heavy atom. The number of anilines is 1. The van der Waals surface area contributed by atoms with Crippen molar-refractivity contribution in [2.24, 2.45) is 0 Å². The molecule has 1 aromatic carbocycles. The van der Waals surface area contributed by atoms with Crippen LogP contribution in [0.25, 0.3) is 0 Å². The summed E-state index contributed by atoms with van der Waals surface area (Å²) in [4.78, 5) is 2.21. The van der Waals surface area contributed by atoms with Crippen molar-refractivity contribution in [2.45, 2.75) is 18.9 Å². The first-order valence-corrected chi connectivity index (χ1v) is 6.97. The zero-order valence-electron chi connectivity index (χ0n) is 11.9. The molecule has 4 heteroatoms. The van der Waals surface area contributed by atoms with E-state index in [4.69, 9.17) is 9.47 Å². The van der Waals surface area contributed by atoms with E-state index in [1.54, 1.807) is 7.11 Å². The zero-order valence-corrected chi connectivity index (χ0v) is 11.9. The van der Waals surface area contributed by atoms with Gasteiger partial charge in [-0.15, -0.1) is 0 Å². The SMILES string of the molecule is COc1ccc(N(C)CCOC2CCNCC2)cc1. The topological polar surface area (TPSA) is 33.7 Å². The third kappa shape index (κ3) is 4.40. The lowest BCUT2D eigenvalue weighted by molar-refractivity contribution is 0.0376. The normalized spacial score (nSPS) is 16.3. The van der Waals surface area contributed by atoms with Gasteiger partial charge in [0.15, 0.2) is 0 Å². The molecule has 0 spiro atoms. The van der Waals surface area contributed by atoms with Crippen LogP contribution in [0.3, 0.4) is 0 Å². The van der Waals surface area contributed by atoms with Gasteiger partial charge in [0.25, 0.3) is 0 Å². The fourth-order valence-corrected chi connectivity index (χ4v) is 2.28. The van der Waals surface area contributed by atoms with E-state index in [1.807, 2.05) is 12.1 Å². The van der Waals surface area contributed by atoms with Crippen LogP contribution in [0.15, 0.2) is 24.3 Å². The number of benzene rings is 1. The molecule has 1 aliphatic heterocycles. The smallest absolute Gasteiger partial charge is 0.119 e. The number of piperidine rings is 1. The van der Waals surface area contributed by atoms with Crippen molar-refractivity contribution in [3.63, 3.8) is 0 Å². The van der Waals surface area contributed by atoms with Gasteiger partial charge in [0.2, 0.25) is 0 Å². The number of hydrogen-bond donors (Lipinski definition) is 1. The highest BCUT2D eigenvalue weighted by atomic mass is 16.5. The molecule has 1 N–H and O–H groups in total. The second kappa shape index (κ2) is 7.36. The molecule has 1 aliphatic rings. The quantitative estimate of drug-likeness (QED) is 0.851. The van der Waals surface area contributed by atoms with Crippen LogP contribution in [-0.2, 0) is 4.74 Å². The van der Waals surface area contributed by atoms with Gasteiger partial charge in [0, 0.05) is 19.3 Å². The second-order valence-electron chi connectivity index (χ2n) is 4.94. The molecule has 0 unspecified atom stereocenters. The highest BCUT2D eigenvalue weighted by molar-refractivity contribution is 5.48. The summed E-state index contributed by atoms with van der Waals surface area (Å²) in [5.41, 5.74) is 1.19. The Bertz CT molecular complexity index is 361. The van der Waals surface area contributed by atoms with Gasteiger partial charge in [-0.05, 0) is 50.2 Å². The lowest BCUT2D eigenvalue weighted by atomic mass is 10.1. The van der Waals surface area contributed by atoms with Crippen LogP contribution in [-0.4, -0.2) is 46.5 Å². The van der Waals surface area contributed by atoms with Crippen molar-refractivity contribution < 1.29 is 9.47 Å². The van der Waals surface area contributed by atoms with Gasteiger partial charge in [-0.25, -0.2) is 0 Å². The summed E-state index contributed by atoms with van der Waals surface area (Å²) < 4.78 is 11.1. The summed E-state index contributed by atoms with van der Waals surface area (Å²) >= 11 is 0. The molecule has 1 fully saturated rings. The van der Waals surface area contributed by atoms with E-state index in [2.05, 4.69) is 29.4 Å². The lowest BCUT2D eigenvalue weighted by Gasteiger charge is -2.25. The molecule has 0 bridgehead atoms. The molecule has 0 radical (unpaired) electrons. The minimum absolute atomic E-state index is 0.436. The maximum Gasteiger partial charge on any atom is 0.119 e. The van der Waals surface area contributed by atoms with Crippen LogP contribution in [0, 0.1) is 0 Å². The molecule has 1 saturated heterocycles. The molecule has 106 valence electrons. The molecule has 0 amide bonds. The summed E-state index contributed by atoms with van der Waals surface area (Å²) in [7, 11) is 3.78. The number of ether oxygens (including phenoxy) is 2. The van der Waals surface area contributed by atoms with Crippen molar-refractivity contribution in [1.29, 1.82) is 0 Å². The molecule has 0 aliphatic carbocycles. The summed E-state index contributed by atoms with van der Waals surface area (Å²) in [5, 5.41) is 3.35. The van der Waals surface area contributed by atoms with Crippen molar-refractivity contribution in [3.05, 3.63) is 24.3 Å². The largest absolute Gasteiger partial charge is 0.497 e. The zero-order chi connectivity index (χ0) is 13.5. The van der Waals surface area contributed by atoms with E-state index in [-0.39, 0.29) is 0 Å². The average Bonchev–Trinajstić information content (AvgIpc) is 2.48. The third-order valence-electron chi connectivity index (χ3n) is 3.58. The number of rotatable bonds is 6. The van der Waals surface area contributed by atoms with E-state index < -0.39 is 0 Å². The molecular weight excluding hydrogens is 240 g/mol. The first-order chi connectivity index (χ1) is 9.29. The molecule has 1 heterocycles. The van der Waals surface area contributed by atoms with Crippen LogP contribution in [0.1, 0.15) is 12.8 Å². The highest BCUT2D eigenvalue weighted by Gasteiger charge is 2.13. The maximum atomic E-state index is 5.91. The fraction of sp³-hybridized carbons (Fsp3) is 0.600. The second-order valence-corrected chi connectivity index (χ2v) is 4.94. The van der Waals surface area contributed by atoms with Crippen LogP contribution in [0.2, 0.25) is 0 Å². The predicted molar refractivity (Wildman–Crippen MR) is 78.1 cm³/mol. The number of nitrogens with one attached hydrogen (secondary N) is 1. The number of nitrogens with zero attached hydrogens (tertiary/aromatic N) is 1. The molecule has 0 saturated carbocycles. The summed E-state index contributed by atoms with van der Waals surface area (Å²) in [6.07, 6.45) is 2.70. The van der Waals surface area contributed by atoms with Crippen LogP contribution < -0.4 is 15.0 Å². The van der Waals surface area contributed by atoms with Crippen LogP contribution in [0.5, 0.6) is 5.75 Å². The Morgan fingerprint density at radius 2 is 1.89 bits per heavy atom. The number of methoxy groups -OCH3 is 1. The first kappa shape index (κ1) is 14.2. The maximum absolute atomic E-state index is 5.91. The van der Waals surface area contributed by atoms with Crippen molar-refractivity contribution in [2.75, 3.05) is 45.3 Å². The van der Waals surface area contributed by atoms with E-state index in [0.29, 0.717) is 6.10 Å².